The van der Waals surface area contributed by atoms with Crippen molar-refractivity contribution < 1.29 is 9.53 Å². The molecule has 0 radical (unpaired) electrons. The van der Waals surface area contributed by atoms with Gasteiger partial charge in [-0.25, -0.2) is 0 Å². The van der Waals surface area contributed by atoms with Crippen LogP contribution >= 0.6 is 39.1 Å². The summed E-state index contributed by atoms with van der Waals surface area (Å²) < 4.78 is 6.52. The molecule has 0 spiro atoms. The van der Waals surface area contributed by atoms with E-state index in [0.29, 0.717) is 31.5 Å². The molecule has 0 bridgehead atoms. The molecule has 0 fully saturated rings. The molecule has 32 heavy (non-hydrogen) atoms. The number of anilines is 1. The Kier molecular flexibility index (Phi) is 7.98. The molecule has 0 aliphatic rings. The number of benzene rings is 3. The number of halogens is 3. The molecule has 162 valence electrons. The van der Waals surface area contributed by atoms with E-state index in [1.165, 1.54) is 6.08 Å². The Bertz CT molecular complexity index is 1250. The molecule has 0 unspecified atom stereocenters. The minimum Gasteiger partial charge on any atom is -0.488 e. The van der Waals surface area contributed by atoms with E-state index in [1.807, 2.05) is 44.2 Å². The van der Waals surface area contributed by atoms with Crippen LogP contribution < -0.4 is 10.1 Å². The van der Waals surface area contributed by atoms with Crippen molar-refractivity contribution in [3.63, 3.8) is 0 Å². The van der Waals surface area contributed by atoms with Crippen LogP contribution in [0.1, 0.15) is 22.3 Å². The van der Waals surface area contributed by atoms with E-state index < -0.39 is 5.91 Å². The molecule has 1 amide bonds. The molecule has 0 saturated carbocycles. The molecular weight excluding hydrogens is 511 g/mol. The number of nitriles is 1. The summed E-state index contributed by atoms with van der Waals surface area (Å²) in [5.74, 6) is 0.135. The maximum atomic E-state index is 12.6. The molecule has 0 aromatic heterocycles. The summed E-state index contributed by atoms with van der Waals surface area (Å²) in [6, 6.07) is 18.1. The van der Waals surface area contributed by atoms with E-state index in [2.05, 4.69) is 21.2 Å². The smallest absolute Gasteiger partial charge is 0.266 e. The number of hydrogen-bond donors (Lipinski definition) is 1. The molecule has 0 atom stereocenters. The van der Waals surface area contributed by atoms with Gasteiger partial charge in [-0.05, 0) is 88.9 Å². The van der Waals surface area contributed by atoms with E-state index >= 15 is 0 Å². The van der Waals surface area contributed by atoms with Crippen molar-refractivity contribution in [2.75, 3.05) is 5.32 Å². The van der Waals surface area contributed by atoms with Crippen molar-refractivity contribution in [1.82, 2.24) is 0 Å². The van der Waals surface area contributed by atoms with Crippen molar-refractivity contribution in [3.8, 4) is 11.8 Å². The predicted octanol–water partition coefficient (Wildman–Crippen LogP) is 7.50. The molecular formula is C25H19BrCl2N2O2. The average Bonchev–Trinajstić information content (AvgIpc) is 2.75. The summed E-state index contributed by atoms with van der Waals surface area (Å²) in [6.07, 6.45) is 1.53. The Morgan fingerprint density at radius 2 is 1.88 bits per heavy atom. The summed E-state index contributed by atoms with van der Waals surface area (Å²) in [5.41, 5.74) is 4.32. The van der Waals surface area contributed by atoms with Gasteiger partial charge in [-0.1, -0.05) is 41.4 Å². The Hall–Kier alpha value is -2.78. The highest BCUT2D eigenvalue weighted by molar-refractivity contribution is 9.10. The second-order valence-corrected chi connectivity index (χ2v) is 8.84. The van der Waals surface area contributed by atoms with E-state index in [9.17, 15) is 10.1 Å². The van der Waals surface area contributed by atoms with E-state index in [-0.39, 0.29) is 12.2 Å². The van der Waals surface area contributed by atoms with Gasteiger partial charge in [0.05, 0.1) is 4.47 Å². The van der Waals surface area contributed by atoms with Crippen LogP contribution in [-0.4, -0.2) is 5.91 Å². The van der Waals surface area contributed by atoms with Crippen molar-refractivity contribution in [2.45, 2.75) is 20.5 Å². The van der Waals surface area contributed by atoms with E-state index in [4.69, 9.17) is 27.9 Å². The lowest BCUT2D eigenvalue weighted by Gasteiger charge is -2.11. The minimum absolute atomic E-state index is 0.00302. The first-order valence-electron chi connectivity index (χ1n) is 9.63. The van der Waals surface area contributed by atoms with Crippen LogP contribution in [0, 0.1) is 25.2 Å². The Labute approximate surface area is 205 Å². The number of hydrogen-bond acceptors (Lipinski definition) is 3. The first-order valence-corrected chi connectivity index (χ1v) is 11.2. The lowest BCUT2D eigenvalue weighted by atomic mass is 10.1. The van der Waals surface area contributed by atoms with Crippen LogP contribution in [0.3, 0.4) is 0 Å². The van der Waals surface area contributed by atoms with Gasteiger partial charge < -0.3 is 10.1 Å². The van der Waals surface area contributed by atoms with Crippen LogP contribution in [-0.2, 0) is 11.4 Å². The highest BCUT2D eigenvalue weighted by atomic mass is 79.9. The second kappa shape index (κ2) is 10.7. The van der Waals surface area contributed by atoms with Crippen LogP contribution in [0.2, 0.25) is 10.0 Å². The van der Waals surface area contributed by atoms with Crippen molar-refractivity contribution >= 4 is 56.8 Å². The summed E-state index contributed by atoms with van der Waals surface area (Å²) >= 11 is 15.6. The van der Waals surface area contributed by atoms with E-state index in [0.717, 1.165) is 16.7 Å². The van der Waals surface area contributed by atoms with Gasteiger partial charge in [-0.2, -0.15) is 5.26 Å². The van der Waals surface area contributed by atoms with Gasteiger partial charge >= 0.3 is 0 Å². The highest BCUT2D eigenvalue weighted by Gasteiger charge is 2.11. The third-order valence-corrected chi connectivity index (χ3v) is 6.00. The number of nitrogens with zero attached hydrogens (tertiary/aromatic N) is 1. The van der Waals surface area contributed by atoms with Crippen molar-refractivity contribution in [1.29, 1.82) is 5.26 Å². The lowest BCUT2D eigenvalue weighted by Crippen LogP contribution is -2.13. The standard InChI is InChI=1S/C25H19BrCl2N2O2/c1-15-3-7-21(9-16(15)2)30-25(31)19(13-29)10-17-4-8-24(22(26)11-17)32-14-18-5-6-20(27)12-23(18)28/h3-12H,14H2,1-2H3,(H,30,31)/b19-10+. The van der Waals surface area contributed by atoms with Gasteiger partial charge in [0.15, 0.2) is 0 Å². The molecule has 0 aliphatic heterocycles. The molecule has 0 saturated heterocycles. The fraction of sp³-hybridized carbons (Fsp3) is 0.120. The van der Waals surface area contributed by atoms with Gasteiger partial charge in [-0.3, -0.25) is 4.79 Å². The SMILES string of the molecule is Cc1ccc(NC(=O)/C(C#N)=C/c2ccc(OCc3ccc(Cl)cc3Cl)c(Br)c2)cc1C. The van der Waals surface area contributed by atoms with Gasteiger partial charge in [0.2, 0.25) is 0 Å². The molecule has 0 heterocycles. The third-order valence-electron chi connectivity index (χ3n) is 4.80. The fourth-order valence-corrected chi connectivity index (χ4v) is 3.83. The highest BCUT2D eigenvalue weighted by Crippen LogP contribution is 2.29. The maximum Gasteiger partial charge on any atom is 0.266 e. The maximum absolute atomic E-state index is 12.6. The summed E-state index contributed by atoms with van der Waals surface area (Å²) in [4.78, 5) is 12.6. The van der Waals surface area contributed by atoms with Crippen LogP contribution in [0.25, 0.3) is 6.08 Å². The molecule has 1 N–H and O–H groups in total. The van der Waals surface area contributed by atoms with E-state index in [1.54, 1.807) is 30.3 Å². The average molecular weight is 530 g/mol. The molecule has 3 aromatic carbocycles. The first-order chi connectivity index (χ1) is 15.3. The Morgan fingerprint density at radius 1 is 1.09 bits per heavy atom. The largest absolute Gasteiger partial charge is 0.488 e. The first kappa shape index (κ1) is 23.9. The lowest BCUT2D eigenvalue weighted by molar-refractivity contribution is -0.112. The normalized spacial score (nSPS) is 11.1. The second-order valence-electron chi connectivity index (χ2n) is 7.14. The molecule has 3 aromatic rings. The number of carbonyl (C=O) groups excluding carboxylic acids is 1. The molecule has 0 aliphatic carbocycles. The summed E-state index contributed by atoms with van der Waals surface area (Å²) in [6.45, 7) is 4.23. The quantitative estimate of drug-likeness (QED) is 0.265. The zero-order valence-electron chi connectivity index (χ0n) is 17.4. The van der Waals surface area contributed by atoms with Gasteiger partial charge in [0.1, 0.15) is 24.0 Å². The number of rotatable bonds is 6. The predicted molar refractivity (Wildman–Crippen MR) is 133 cm³/mol. The topological polar surface area (TPSA) is 62.1 Å². The van der Waals surface area contributed by atoms with Crippen molar-refractivity contribution in [3.05, 3.63) is 96.9 Å². The van der Waals surface area contributed by atoms with Crippen LogP contribution in [0.4, 0.5) is 5.69 Å². The number of aryl methyl sites for hydroxylation is 2. The zero-order valence-corrected chi connectivity index (χ0v) is 20.5. The molecule has 3 rings (SSSR count). The minimum atomic E-state index is -0.468. The third kappa shape index (κ3) is 6.14. The van der Waals surface area contributed by atoms with Crippen LogP contribution in [0.15, 0.2) is 64.6 Å². The van der Waals surface area contributed by atoms with Gasteiger partial charge in [0, 0.05) is 21.3 Å². The molecule has 4 nitrogen and oxygen atoms in total. The number of carbonyl (C=O) groups is 1. The Morgan fingerprint density at radius 3 is 2.53 bits per heavy atom. The number of ether oxygens (including phenoxy) is 1. The Balaban J connectivity index is 1.72. The summed E-state index contributed by atoms with van der Waals surface area (Å²) in [5, 5.41) is 13.3. The monoisotopic (exact) mass is 528 g/mol. The van der Waals surface area contributed by atoms with Gasteiger partial charge in [-0.15, -0.1) is 0 Å². The van der Waals surface area contributed by atoms with Crippen molar-refractivity contribution in [2.24, 2.45) is 0 Å². The summed E-state index contributed by atoms with van der Waals surface area (Å²) in [7, 11) is 0. The fourth-order valence-electron chi connectivity index (χ4n) is 2.85. The molecule has 7 heteroatoms. The van der Waals surface area contributed by atoms with Gasteiger partial charge in [0.25, 0.3) is 5.91 Å². The zero-order chi connectivity index (χ0) is 23.3. The number of amides is 1. The number of nitrogens with one attached hydrogen (secondary N) is 1. The van der Waals surface area contributed by atoms with Crippen LogP contribution in [0.5, 0.6) is 5.75 Å².